The van der Waals surface area contributed by atoms with Crippen LogP contribution in [0.2, 0.25) is 0 Å². The number of rotatable bonds is 8. The molecular formula is C13H19F3N2O2S. The van der Waals surface area contributed by atoms with Gasteiger partial charge in [-0.1, -0.05) is 18.2 Å². The molecule has 21 heavy (non-hydrogen) atoms. The van der Waals surface area contributed by atoms with Crippen molar-refractivity contribution in [1.82, 2.24) is 10.0 Å². The fraction of sp³-hybridized carbons (Fsp3) is 0.538. The van der Waals surface area contributed by atoms with E-state index in [1.807, 2.05) is 0 Å². The summed E-state index contributed by atoms with van der Waals surface area (Å²) in [5.74, 6) is -0.0944. The maximum absolute atomic E-state index is 12.8. The smallest absolute Gasteiger partial charge is 0.320 e. The number of unbranched alkanes of at least 4 members (excludes halogenated alkanes) is 1. The van der Waals surface area contributed by atoms with Gasteiger partial charge in [-0.2, -0.15) is 13.2 Å². The van der Waals surface area contributed by atoms with Crippen LogP contribution in [0.3, 0.4) is 0 Å². The molecule has 0 aliphatic carbocycles. The molecule has 0 heterocycles. The molecule has 0 radical (unpaired) electrons. The molecule has 0 aliphatic rings. The van der Waals surface area contributed by atoms with E-state index in [1.165, 1.54) is 18.2 Å². The van der Waals surface area contributed by atoms with Crippen molar-refractivity contribution in [2.75, 3.05) is 19.3 Å². The van der Waals surface area contributed by atoms with Crippen LogP contribution in [0.5, 0.6) is 0 Å². The summed E-state index contributed by atoms with van der Waals surface area (Å²) in [4.78, 5) is 0. The van der Waals surface area contributed by atoms with Gasteiger partial charge in [0.25, 0.3) is 0 Å². The average Bonchev–Trinajstić information content (AvgIpc) is 2.41. The molecule has 120 valence electrons. The number of hydrogen-bond donors (Lipinski definition) is 2. The summed E-state index contributed by atoms with van der Waals surface area (Å²) in [6.45, 7) is 0.344. The van der Waals surface area contributed by atoms with Gasteiger partial charge in [0.1, 0.15) is 0 Å². The summed E-state index contributed by atoms with van der Waals surface area (Å²) in [6.07, 6.45) is -3.34. The molecule has 0 spiro atoms. The Balaban J connectivity index is 2.63. The predicted octanol–water partition coefficient (Wildman–Crippen LogP) is 2.12. The molecular weight excluding hydrogens is 305 g/mol. The van der Waals surface area contributed by atoms with Crippen LogP contribution in [0.25, 0.3) is 0 Å². The topological polar surface area (TPSA) is 58.2 Å². The Hall–Kier alpha value is -1.12. The Morgan fingerprint density at radius 1 is 1.14 bits per heavy atom. The zero-order valence-electron chi connectivity index (χ0n) is 11.7. The first-order chi connectivity index (χ1) is 9.76. The molecule has 0 atom stereocenters. The summed E-state index contributed by atoms with van der Waals surface area (Å²) in [5, 5.41) is 2.90. The van der Waals surface area contributed by atoms with Gasteiger partial charge in [-0.25, -0.2) is 13.1 Å². The molecule has 0 bridgehead atoms. The van der Waals surface area contributed by atoms with Crippen LogP contribution in [0, 0.1) is 0 Å². The van der Waals surface area contributed by atoms with Crippen molar-refractivity contribution in [1.29, 1.82) is 0 Å². The number of sulfonamides is 1. The third kappa shape index (κ3) is 6.45. The lowest BCUT2D eigenvalue weighted by Crippen LogP contribution is -2.27. The molecule has 1 aromatic rings. The second-order valence-corrected chi connectivity index (χ2v) is 6.53. The van der Waals surface area contributed by atoms with Crippen molar-refractivity contribution in [2.24, 2.45) is 0 Å². The van der Waals surface area contributed by atoms with Crippen molar-refractivity contribution < 1.29 is 21.6 Å². The van der Waals surface area contributed by atoms with Gasteiger partial charge in [0.15, 0.2) is 0 Å². The molecule has 2 N–H and O–H groups in total. The van der Waals surface area contributed by atoms with E-state index in [4.69, 9.17) is 0 Å². The molecule has 0 saturated carbocycles. The molecule has 4 nitrogen and oxygen atoms in total. The van der Waals surface area contributed by atoms with E-state index in [9.17, 15) is 21.6 Å². The van der Waals surface area contributed by atoms with E-state index in [0.717, 1.165) is 6.07 Å². The lowest BCUT2D eigenvalue weighted by molar-refractivity contribution is -0.138. The summed E-state index contributed by atoms with van der Waals surface area (Å²) in [6, 6.07) is 4.94. The highest BCUT2D eigenvalue weighted by Gasteiger charge is 2.32. The van der Waals surface area contributed by atoms with Gasteiger partial charge >= 0.3 is 6.18 Å². The van der Waals surface area contributed by atoms with Crippen molar-refractivity contribution in [2.45, 2.75) is 25.6 Å². The number of hydrogen-bond acceptors (Lipinski definition) is 3. The van der Waals surface area contributed by atoms with Crippen molar-refractivity contribution in [3.63, 3.8) is 0 Å². The van der Waals surface area contributed by atoms with Crippen LogP contribution in [-0.4, -0.2) is 27.8 Å². The standard InChI is InChI=1S/C13H19F3N2O2S/c1-17-8-4-5-9-21(19,20)18-10-11-6-2-3-7-12(11)13(14,15)16/h2-3,6-7,17-18H,4-5,8-10H2,1H3. The normalized spacial score (nSPS) is 12.6. The molecule has 1 aromatic carbocycles. The minimum absolute atomic E-state index is 0.0798. The van der Waals surface area contributed by atoms with E-state index in [1.54, 1.807) is 7.05 Å². The molecule has 0 unspecified atom stereocenters. The quantitative estimate of drug-likeness (QED) is 0.720. The van der Waals surface area contributed by atoms with E-state index in [2.05, 4.69) is 10.0 Å². The fourth-order valence-electron chi connectivity index (χ4n) is 1.80. The Morgan fingerprint density at radius 2 is 1.81 bits per heavy atom. The van der Waals surface area contributed by atoms with Gasteiger partial charge in [0, 0.05) is 6.54 Å². The van der Waals surface area contributed by atoms with Gasteiger partial charge in [0.2, 0.25) is 10.0 Å². The second kappa shape index (κ2) is 7.77. The minimum Gasteiger partial charge on any atom is -0.320 e. The maximum Gasteiger partial charge on any atom is 0.416 e. The predicted molar refractivity (Wildman–Crippen MR) is 75.2 cm³/mol. The first kappa shape index (κ1) is 17.9. The Morgan fingerprint density at radius 3 is 2.43 bits per heavy atom. The van der Waals surface area contributed by atoms with Crippen molar-refractivity contribution in [3.05, 3.63) is 35.4 Å². The second-order valence-electron chi connectivity index (χ2n) is 4.61. The molecule has 0 saturated heterocycles. The van der Waals surface area contributed by atoms with E-state index in [0.29, 0.717) is 19.4 Å². The summed E-state index contributed by atoms with van der Waals surface area (Å²) in [7, 11) is -1.80. The van der Waals surface area contributed by atoms with Crippen LogP contribution in [-0.2, 0) is 22.7 Å². The van der Waals surface area contributed by atoms with Crippen molar-refractivity contribution in [3.8, 4) is 0 Å². The fourth-order valence-corrected chi connectivity index (χ4v) is 2.91. The number of halogens is 3. The minimum atomic E-state index is -4.49. The zero-order chi connectivity index (χ0) is 15.9. The molecule has 0 amide bonds. The first-order valence-electron chi connectivity index (χ1n) is 6.53. The zero-order valence-corrected chi connectivity index (χ0v) is 12.5. The van der Waals surface area contributed by atoms with Crippen molar-refractivity contribution >= 4 is 10.0 Å². The van der Waals surface area contributed by atoms with E-state index < -0.39 is 21.8 Å². The molecule has 0 aromatic heterocycles. The number of alkyl halides is 3. The van der Waals surface area contributed by atoms with E-state index in [-0.39, 0.29) is 17.9 Å². The van der Waals surface area contributed by atoms with Crippen LogP contribution in [0.4, 0.5) is 13.2 Å². The van der Waals surface area contributed by atoms with Gasteiger partial charge in [-0.05, 0) is 38.1 Å². The maximum atomic E-state index is 12.8. The van der Waals surface area contributed by atoms with Crippen LogP contribution >= 0.6 is 0 Å². The summed E-state index contributed by atoms with van der Waals surface area (Å²) in [5.41, 5.74) is -0.897. The summed E-state index contributed by atoms with van der Waals surface area (Å²) >= 11 is 0. The first-order valence-corrected chi connectivity index (χ1v) is 8.18. The number of nitrogens with one attached hydrogen (secondary N) is 2. The molecule has 8 heteroatoms. The van der Waals surface area contributed by atoms with Crippen LogP contribution in [0.15, 0.2) is 24.3 Å². The average molecular weight is 324 g/mol. The lowest BCUT2D eigenvalue weighted by Gasteiger charge is -2.13. The third-order valence-electron chi connectivity index (χ3n) is 2.90. The van der Waals surface area contributed by atoms with Crippen LogP contribution in [0.1, 0.15) is 24.0 Å². The monoisotopic (exact) mass is 324 g/mol. The third-order valence-corrected chi connectivity index (χ3v) is 4.31. The van der Waals surface area contributed by atoms with Crippen LogP contribution < -0.4 is 10.0 Å². The Bertz CT molecular complexity index is 545. The highest BCUT2D eigenvalue weighted by atomic mass is 32.2. The molecule has 0 fully saturated rings. The Kier molecular flexibility index (Phi) is 6.63. The number of benzene rings is 1. The largest absolute Gasteiger partial charge is 0.416 e. The highest BCUT2D eigenvalue weighted by Crippen LogP contribution is 2.31. The Labute approximate surface area is 122 Å². The van der Waals surface area contributed by atoms with Gasteiger partial charge in [-0.15, -0.1) is 0 Å². The van der Waals surface area contributed by atoms with E-state index >= 15 is 0 Å². The molecule has 1 rings (SSSR count). The van der Waals surface area contributed by atoms with Gasteiger partial charge < -0.3 is 5.32 Å². The SMILES string of the molecule is CNCCCCS(=O)(=O)NCc1ccccc1C(F)(F)F. The summed E-state index contributed by atoms with van der Waals surface area (Å²) < 4.78 is 64.0. The lowest BCUT2D eigenvalue weighted by atomic mass is 10.1. The highest BCUT2D eigenvalue weighted by molar-refractivity contribution is 7.89. The van der Waals surface area contributed by atoms with Gasteiger partial charge in [0.05, 0.1) is 11.3 Å². The molecule has 0 aliphatic heterocycles. The van der Waals surface area contributed by atoms with Gasteiger partial charge in [-0.3, -0.25) is 0 Å².